The van der Waals surface area contributed by atoms with Crippen LogP contribution in [-0.4, -0.2) is 42.3 Å². The fourth-order valence-electron chi connectivity index (χ4n) is 3.86. The molecule has 0 saturated heterocycles. The third-order valence-corrected chi connectivity index (χ3v) is 5.73. The van der Waals surface area contributed by atoms with Gasteiger partial charge < -0.3 is 10.1 Å². The molecule has 2 aromatic rings. The molecule has 1 heterocycles. The third kappa shape index (κ3) is 2.85. The summed E-state index contributed by atoms with van der Waals surface area (Å²) in [6.45, 7) is 2.03. The van der Waals surface area contributed by atoms with Gasteiger partial charge in [0.15, 0.2) is 0 Å². The Morgan fingerprint density at radius 2 is 1.64 bits per heavy atom. The van der Waals surface area contributed by atoms with Gasteiger partial charge in [0.1, 0.15) is 11.8 Å². The van der Waals surface area contributed by atoms with Gasteiger partial charge >= 0.3 is 0 Å². The lowest BCUT2D eigenvalue weighted by Gasteiger charge is -2.24. The summed E-state index contributed by atoms with van der Waals surface area (Å²) in [5, 5.41) is 2.94. The Labute approximate surface area is 163 Å². The predicted octanol–water partition coefficient (Wildman–Crippen LogP) is 2.53. The quantitative estimate of drug-likeness (QED) is 0.784. The molecule has 6 heteroatoms. The molecule has 1 aliphatic carbocycles. The second-order valence-corrected chi connectivity index (χ2v) is 7.40. The molecule has 0 aromatic heterocycles. The van der Waals surface area contributed by atoms with Gasteiger partial charge in [-0.2, -0.15) is 0 Å². The minimum absolute atomic E-state index is 0.149. The van der Waals surface area contributed by atoms with Gasteiger partial charge in [-0.3, -0.25) is 19.3 Å². The van der Waals surface area contributed by atoms with Gasteiger partial charge in [0.25, 0.3) is 11.8 Å². The average molecular weight is 378 g/mol. The van der Waals surface area contributed by atoms with E-state index in [2.05, 4.69) is 5.32 Å². The number of benzene rings is 2. The molecule has 2 aliphatic rings. The molecule has 6 nitrogen and oxygen atoms in total. The number of nitrogens with zero attached hydrogens (tertiary/aromatic N) is 1. The van der Waals surface area contributed by atoms with E-state index in [1.165, 1.54) is 0 Å². The number of rotatable bonds is 6. The molecule has 0 radical (unpaired) electrons. The van der Waals surface area contributed by atoms with Crippen molar-refractivity contribution in [1.82, 2.24) is 10.2 Å². The molecule has 144 valence electrons. The Hall–Kier alpha value is -3.15. The van der Waals surface area contributed by atoms with E-state index in [1.807, 2.05) is 24.3 Å². The number of para-hydroxylation sites is 1. The van der Waals surface area contributed by atoms with Gasteiger partial charge in [0.05, 0.1) is 18.2 Å². The summed E-state index contributed by atoms with van der Waals surface area (Å²) in [4.78, 5) is 38.9. The maximum absolute atomic E-state index is 12.7. The molecule has 0 spiro atoms. The molecule has 1 unspecified atom stereocenters. The number of carbonyl (C=O) groups excluding carboxylic acids is 3. The zero-order valence-corrected chi connectivity index (χ0v) is 15.9. The van der Waals surface area contributed by atoms with E-state index < -0.39 is 17.9 Å². The normalized spacial score (nSPS) is 17.9. The Balaban J connectivity index is 1.46. The summed E-state index contributed by atoms with van der Waals surface area (Å²) in [6, 6.07) is 13.6. The van der Waals surface area contributed by atoms with Crippen LogP contribution in [0.1, 0.15) is 46.0 Å². The van der Waals surface area contributed by atoms with Crippen molar-refractivity contribution in [3.63, 3.8) is 0 Å². The van der Waals surface area contributed by atoms with Crippen LogP contribution in [0, 0.1) is 0 Å². The second kappa shape index (κ2) is 6.78. The van der Waals surface area contributed by atoms with Crippen LogP contribution in [0.3, 0.4) is 0 Å². The van der Waals surface area contributed by atoms with E-state index in [0.717, 1.165) is 29.1 Å². The van der Waals surface area contributed by atoms with E-state index in [0.29, 0.717) is 17.7 Å². The Kier molecular flexibility index (Phi) is 4.41. The van der Waals surface area contributed by atoms with E-state index in [-0.39, 0.29) is 11.3 Å². The number of imide groups is 1. The fourth-order valence-corrected chi connectivity index (χ4v) is 3.86. The van der Waals surface area contributed by atoms with Crippen LogP contribution in [-0.2, 0) is 10.2 Å². The highest BCUT2D eigenvalue weighted by Crippen LogP contribution is 2.50. The van der Waals surface area contributed by atoms with Crippen molar-refractivity contribution in [2.75, 3.05) is 13.7 Å². The Morgan fingerprint density at radius 3 is 2.21 bits per heavy atom. The zero-order chi connectivity index (χ0) is 19.9. The van der Waals surface area contributed by atoms with Crippen molar-refractivity contribution >= 4 is 17.7 Å². The number of ether oxygens (including phenoxy) is 1. The molecular weight excluding hydrogens is 356 g/mol. The second-order valence-electron chi connectivity index (χ2n) is 7.40. The van der Waals surface area contributed by atoms with Crippen molar-refractivity contribution in [1.29, 1.82) is 0 Å². The molecule has 1 aliphatic heterocycles. The SMILES string of the molecule is COc1ccccc1C1(CNC(=O)C(C)N2C(=O)c3ccccc3C2=O)CC1. The molecule has 2 aromatic carbocycles. The van der Waals surface area contributed by atoms with Crippen LogP contribution >= 0.6 is 0 Å². The molecule has 1 fully saturated rings. The lowest BCUT2D eigenvalue weighted by molar-refractivity contribution is -0.124. The van der Waals surface area contributed by atoms with Crippen LogP contribution in [0.5, 0.6) is 5.75 Å². The molecule has 3 amide bonds. The highest BCUT2D eigenvalue weighted by molar-refractivity contribution is 6.22. The Morgan fingerprint density at radius 1 is 1.07 bits per heavy atom. The lowest BCUT2D eigenvalue weighted by Crippen LogP contribution is -2.49. The molecule has 4 rings (SSSR count). The smallest absolute Gasteiger partial charge is 0.262 e. The van der Waals surface area contributed by atoms with E-state index in [9.17, 15) is 14.4 Å². The molecule has 1 atom stereocenters. The predicted molar refractivity (Wildman–Crippen MR) is 103 cm³/mol. The van der Waals surface area contributed by atoms with Crippen molar-refractivity contribution < 1.29 is 19.1 Å². The largest absolute Gasteiger partial charge is 0.496 e. The van der Waals surface area contributed by atoms with E-state index in [1.54, 1.807) is 38.3 Å². The number of hydrogen-bond donors (Lipinski definition) is 1. The standard InChI is InChI=1S/C22H22N2O4/c1-14(24-20(26)15-7-3-4-8-16(15)21(24)27)19(25)23-13-22(11-12-22)17-9-5-6-10-18(17)28-2/h3-10,14H,11-13H2,1-2H3,(H,23,25). The minimum Gasteiger partial charge on any atom is -0.496 e. The topological polar surface area (TPSA) is 75.7 Å². The number of nitrogens with one attached hydrogen (secondary N) is 1. The van der Waals surface area contributed by atoms with E-state index >= 15 is 0 Å². The first-order valence-corrected chi connectivity index (χ1v) is 9.37. The van der Waals surface area contributed by atoms with Crippen molar-refractivity contribution in [2.24, 2.45) is 0 Å². The zero-order valence-electron chi connectivity index (χ0n) is 15.9. The van der Waals surface area contributed by atoms with Gasteiger partial charge in [-0.15, -0.1) is 0 Å². The molecular formula is C22H22N2O4. The number of carbonyl (C=O) groups is 3. The fraction of sp³-hybridized carbons (Fsp3) is 0.318. The Bertz CT molecular complexity index is 930. The summed E-state index contributed by atoms with van der Waals surface area (Å²) in [5.74, 6) is -0.374. The van der Waals surface area contributed by atoms with Crippen molar-refractivity contribution in [3.05, 3.63) is 65.2 Å². The first kappa shape index (κ1) is 18.2. The van der Waals surface area contributed by atoms with Crippen LogP contribution in [0.15, 0.2) is 48.5 Å². The number of hydrogen-bond acceptors (Lipinski definition) is 4. The van der Waals surface area contributed by atoms with Gasteiger partial charge in [0, 0.05) is 17.5 Å². The molecule has 1 saturated carbocycles. The van der Waals surface area contributed by atoms with Crippen LogP contribution in [0.4, 0.5) is 0 Å². The first-order valence-electron chi connectivity index (χ1n) is 9.37. The molecule has 28 heavy (non-hydrogen) atoms. The highest BCUT2D eigenvalue weighted by atomic mass is 16.5. The maximum Gasteiger partial charge on any atom is 0.262 e. The van der Waals surface area contributed by atoms with Crippen molar-refractivity contribution in [2.45, 2.75) is 31.2 Å². The summed E-state index contributed by atoms with van der Waals surface area (Å²) in [7, 11) is 1.64. The summed E-state index contributed by atoms with van der Waals surface area (Å²) < 4.78 is 5.46. The van der Waals surface area contributed by atoms with Gasteiger partial charge in [-0.1, -0.05) is 30.3 Å². The van der Waals surface area contributed by atoms with Crippen LogP contribution in [0.2, 0.25) is 0 Å². The van der Waals surface area contributed by atoms with Crippen LogP contribution in [0.25, 0.3) is 0 Å². The van der Waals surface area contributed by atoms with Gasteiger partial charge in [0.2, 0.25) is 5.91 Å². The molecule has 0 bridgehead atoms. The number of amides is 3. The number of fused-ring (bicyclic) bond motifs is 1. The number of methoxy groups -OCH3 is 1. The third-order valence-electron chi connectivity index (χ3n) is 5.73. The van der Waals surface area contributed by atoms with Crippen molar-refractivity contribution in [3.8, 4) is 5.75 Å². The maximum atomic E-state index is 12.7. The first-order chi connectivity index (χ1) is 13.5. The van der Waals surface area contributed by atoms with Crippen LogP contribution < -0.4 is 10.1 Å². The van der Waals surface area contributed by atoms with Gasteiger partial charge in [-0.05, 0) is 38.0 Å². The van der Waals surface area contributed by atoms with E-state index in [4.69, 9.17) is 4.74 Å². The lowest BCUT2D eigenvalue weighted by atomic mass is 9.94. The minimum atomic E-state index is -0.874. The highest BCUT2D eigenvalue weighted by Gasteiger charge is 2.47. The average Bonchev–Trinajstić information content (AvgIpc) is 3.48. The summed E-state index contributed by atoms with van der Waals surface area (Å²) in [6.07, 6.45) is 1.91. The monoisotopic (exact) mass is 378 g/mol. The summed E-state index contributed by atoms with van der Waals surface area (Å²) >= 11 is 0. The summed E-state index contributed by atoms with van der Waals surface area (Å²) in [5.41, 5.74) is 1.62. The van der Waals surface area contributed by atoms with Gasteiger partial charge in [-0.25, -0.2) is 0 Å². The molecule has 1 N–H and O–H groups in total.